The van der Waals surface area contributed by atoms with Gasteiger partial charge in [-0.3, -0.25) is 9.48 Å². The average Bonchev–Trinajstić information content (AvgIpc) is 2.72. The molecule has 0 atom stereocenters. The second-order valence-electron chi connectivity index (χ2n) is 4.32. The van der Waals surface area contributed by atoms with Gasteiger partial charge in [0.2, 0.25) is 0 Å². The Morgan fingerprint density at radius 2 is 2.16 bits per heavy atom. The van der Waals surface area contributed by atoms with Gasteiger partial charge >= 0.3 is 0 Å². The molecule has 100 valence electrons. The molecule has 0 N–H and O–H groups in total. The number of ketones is 1. The van der Waals surface area contributed by atoms with Crippen LogP contribution < -0.4 is 0 Å². The SMILES string of the molecule is CCn1nc(C)cc1CC(=O)c1cc(Cl)ccc1F. The smallest absolute Gasteiger partial charge is 0.171 e. The van der Waals surface area contributed by atoms with E-state index in [-0.39, 0.29) is 17.8 Å². The number of aryl methyl sites for hydroxylation is 2. The minimum atomic E-state index is -0.548. The number of aromatic nitrogens is 2. The van der Waals surface area contributed by atoms with Crippen molar-refractivity contribution in [3.05, 3.63) is 52.1 Å². The normalized spacial score (nSPS) is 10.7. The van der Waals surface area contributed by atoms with E-state index in [1.165, 1.54) is 18.2 Å². The Balaban J connectivity index is 2.27. The van der Waals surface area contributed by atoms with Crippen LogP contribution in [0.15, 0.2) is 24.3 Å². The number of halogens is 2. The van der Waals surface area contributed by atoms with E-state index in [1.54, 1.807) is 4.68 Å². The van der Waals surface area contributed by atoms with Crippen LogP contribution in [0.25, 0.3) is 0 Å². The van der Waals surface area contributed by atoms with Crippen LogP contribution >= 0.6 is 11.6 Å². The number of rotatable bonds is 4. The first-order valence-electron chi connectivity index (χ1n) is 6.03. The van der Waals surface area contributed by atoms with Crippen LogP contribution in [0.4, 0.5) is 4.39 Å². The van der Waals surface area contributed by atoms with Gasteiger partial charge in [-0.05, 0) is 38.1 Å². The second kappa shape index (κ2) is 5.53. The first-order chi connectivity index (χ1) is 9.01. The molecule has 0 spiro atoms. The molecule has 1 heterocycles. The minimum Gasteiger partial charge on any atom is -0.294 e. The van der Waals surface area contributed by atoms with Crippen molar-refractivity contribution < 1.29 is 9.18 Å². The highest BCUT2D eigenvalue weighted by Crippen LogP contribution is 2.17. The summed E-state index contributed by atoms with van der Waals surface area (Å²) in [6, 6.07) is 5.83. The van der Waals surface area contributed by atoms with Crippen molar-refractivity contribution in [1.29, 1.82) is 0 Å². The Morgan fingerprint density at radius 1 is 1.42 bits per heavy atom. The molecule has 0 unspecified atom stereocenters. The maximum atomic E-state index is 13.6. The number of hydrogen-bond donors (Lipinski definition) is 0. The number of carbonyl (C=O) groups excluding carboxylic acids is 1. The topological polar surface area (TPSA) is 34.9 Å². The van der Waals surface area contributed by atoms with E-state index in [1.807, 2.05) is 19.9 Å². The molecule has 0 aliphatic rings. The van der Waals surface area contributed by atoms with Gasteiger partial charge in [0.1, 0.15) is 5.82 Å². The van der Waals surface area contributed by atoms with Crippen LogP contribution in [0, 0.1) is 12.7 Å². The standard InChI is InChI=1S/C14H14ClFN2O/c1-3-18-11(6-9(2)17-18)8-14(19)12-7-10(15)4-5-13(12)16/h4-7H,3,8H2,1-2H3. The lowest BCUT2D eigenvalue weighted by Gasteiger charge is -2.05. The van der Waals surface area contributed by atoms with Gasteiger partial charge in [-0.1, -0.05) is 11.6 Å². The fraction of sp³-hybridized carbons (Fsp3) is 0.286. The highest BCUT2D eigenvalue weighted by Gasteiger charge is 2.15. The van der Waals surface area contributed by atoms with Gasteiger partial charge in [0.05, 0.1) is 17.7 Å². The molecule has 0 bridgehead atoms. The Hall–Kier alpha value is -1.68. The fourth-order valence-corrected chi connectivity index (χ4v) is 2.16. The lowest BCUT2D eigenvalue weighted by Crippen LogP contribution is -2.11. The lowest BCUT2D eigenvalue weighted by molar-refractivity contribution is 0.0986. The highest BCUT2D eigenvalue weighted by atomic mass is 35.5. The maximum Gasteiger partial charge on any atom is 0.171 e. The summed E-state index contributed by atoms with van der Waals surface area (Å²) in [6.45, 7) is 4.48. The van der Waals surface area contributed by atoms with Gasteiger partial charge in [0.15, 0.2) is 5.78 Å². The van der Waals surface area contributed by atoms with Crippen LogP contribution in [-0.2, 0) is 13.0 Å². The van der Waals surface area contributed by atoms with Crippen molar-refractivity contribution in [1.82, 2.24) is 9.78 Å². The molecule has 5 heteroatoms. The molecule has 1 aromatic heterocycles. The summed E-state index contributed by atoms with van der Waals surface area (Å²) in [4.78, 5) is 12.1. The molecule has 0 amide bonds. The average molecular weight is 281 g/mol. The maximum absolute atomic E-state index is 13.6. The third-order valence-electron chi connectivity index (χ3n) is 2.86. The van der Waals surface area contributed by atoms with Gasteiger partial charge in [-0.15, -0.1) is 0 Å². The minimum absolute atomic E-state index is 0.0222. The van der Waals surface area contributed by atoms with Gasteiger partial charge in [0, 0.05) is 17.3 Å². The molecule has 0 radical (unpaired) electrons. The molecule has 0 fully saturated rings. The zero-order valence-electron chi connectivity index (χ0n) is 10.8. The van der Waals surface area contributed by atoms with Crippen molar-refractivity contribution >= 4 is 17.4 Å². The predicted molar refractivity (Wildman–Crippen MR) is 72.1 cm³/mol. The van der Waals surface area contributed by atoms with Gasteiger partial charge in [-0.25, -0.2) is 4.39 Å². The number of hydrogen-bond acceptors (Lipinski definition) is 2. The van der Waals surface area contributed by atoms with Crippen LogP contribution in [0.5, 0.6) is 0 Å². The Bertz CT molecular complexity index is 622. The Kier molecular flexibility index (Phi) is 4.00. The lowest BCUT2D eigenvalue weighted by atomic mass is 10.1. The van der Waals surface area contributed by atoms with Crippen molar-refractivity contribution in [2.45, 2.75) is 26.8 Å². The van der Waals surface area contributed by atoms with E-state index >= 15 is 0 Å². The fourth-order valence-electron chi connectivity index (χ4n) is 1.99. The molecule has 19 heavy (non-hydrogen) atoms. The van der Waals surface area contributed by atoms with Gasteiger partial charge < -0.3 is 0 Å². The van der Waals surface area contributed by atoms with Crippen molar-refractivity contribution in [3.8, 4) is 0 Å². The third kappa shape index (κ3) is 3.01. The van der Waals surface area contributed by atoms with Crippen molar-refractivity contribution in [2.75, 3.05) is 0 Å². The van der Waals surface area contributed by atoms with Crippen LogP contribution in [0.3, 0.4) is 0 Å². The largest absolute Gasteiger partial charge is 0.294 e. The first-order valence-corrected chi connectivity index (χ1v) is 6.40. The zero-order valence-corrected chi connectivity index (χ0v) is 11.5. The number of nitrogens with zero attached hydrogens (tertiary/aromatic N) is 2. The van der Waals surface area contributed by atoms with Gasteiger partial charge in [0.25, 0.3) is 0 Å². The molecule has 0 saturated heterocycles. The zero-order chi connectivity index (χ0) is 14.0. The van der Waals surface area contributed by atoms with E-state index in [0.717, 1.165) is 11.4 Å². The molecular formula is C14H14ClFN2O. The first kappa shape index (κ1) is 13.7. The summed E-state index contributed by atoms with van der Waals surface area (Å²) in [5, 5.41) is 4.61. The van der Waals surface area contributed by atoms with Crippen molar-refractivity contribution in [2.24, 2.45) is 0 Å². The van der Waals surface area contributed by atoms with E-state index in [0.29, 0.717) is 11.6 Å². The summed E-state index contributed by atoms with van der Waals surface area (Å²) in [6.07, 6.45) is 0.117. The molecule has 0 aliphatic carbocycles. The van der Waals surface area contributed by atoms with Crippen LogP contribution in [0.1, 0.15) is 28.7 Å². The molecule has 2 rings (SSSR count). The summed E-state index contributed by atoms with van der Waals surface area (Å²) in [5.41, 5.74) is 1.65. The van der Waals surface area contributed by atoms with E-state index in [2.05, 4.69) is 5.10 Å². The van der Waals surface area contributed by atoms with Gasteiger partial charge in [-0.2, -0.15) is 5.10 Å². The van der Waals surface area contributed by atoms with E-state index in [4.69, 9.17) is 11.6 Å². The predicted octanol–water partition coefficient (Wildman–Crippen LogP) is 3.43. The van der Waals surface area contributed by atoms with Crippen molar-refractivity contribution in [3.63, 3.8) is 0 Å². The summed E-state index contributed by atoms with van der Waals surface area (Å²) < 4.78 is 15.4. The molecule has 3 nitrogen and oxygen atoms in total. The summed E-state index contributed by atoms with van der Waals surface area (Å²) >= 11 is 5.79. The summed E-state index contributed by atoms with van der Waals surface area (Å²) in [5.74, 6) is -0.844. The second-order valence-corrected chi connectivity index (χ2v) is 4.75. The Morgan fingerprint density at radius 3 is 2.84 bits per heavy atom. The Labute approximate surface area is 116 Å². The summed E-state index contributed by atoms with van der Waals surface area (Å²) in [7, 11) is 0. The third-order valence-corrected chi connectivity index (χ3v) is 3.09. The molecular weight excluding hydrogens is 267 g/mol. The van der Waals surface area contributed by atoms with Crippen LogP contribution in [-0.4, -0.2) is 15.6 Å². The van der Waals surface area contributed by atoms with E-state index in [9.17, 15) is 9.18 Å². The molecule has 0 aliphatic heterocycles. The molecule has 1 aromatic carbocycles. The highest BCUT2D eigenvalue weighted by molar-refractivity contribution is 6.31. The molecule has 0 saturated carbocycles. The number of Topliss-reactive ketones (excluding diaryl/α,β-unsaturated/α-hetero) is 1. The number of carbonyl (C=O) groups is 1. The number of benzene rings is 1. The van der Waals surface area contributed by atoms with E-state index < -0.39 is 5.82 Å². The monoisotopic (exact) mass is 280 g/mol. The quantitative estimate of drug-likeness (QED) is 0.804. The van der Waals surface area contributed by atoms with Crippen LogP contribution in [0.2, 0.25) is 5.02 Å². The molecule has 2 aromatic rings.